The molecule has 10 nitrogen and oxygen atoms in total. The largest absolute Gasteiger partial charge is 0.733 e. The molecule has 27 heavy (non-hydrogen) atoms. The van der Waals surface area contributed by atoms with Crippen LogP contribution < -0.4 is 10.2 Å². The summed E-state index contributed by atoms with van der Waals surface area (Å²) < 4.78 is 11.0. The molecule has 2 fully saturated rings. The third-order valence-electron chi connectivity index (χ3n) is 5.19. The number of hydrogen-bond acceptors (Lipinski definition) is 10. The summed E-state index contributed by atoms with van der Waals surface area (Å²) in [7, 11) is 0. The van der Waals surface area contributed by atoms with Gasteiger partial charge in [-0.15, -0.1) is 0 Å². The molecule has 0 aliphatic carbocycles. The van der Waals surface area contributed by atoms with Crippen LogP contribution in [0.4, 0.5) is 11.4 Å². The van der Waals surface area contributed by atoms with Crippen LogP contribution in [-0.4, -0.2) is 86.4 Å². The summed E-state index contributed by atoms with van der Waals surface area (Å²) >= 11 is 0. The molecule has 0 spiro atoms. The Morgan fingerprint density at radius 2 is 1.67 bits per heavy atom. The fraction of sp³-hybridized carbons (Fsp3) is 0.647. The average Bonchev–Trinajstić information content (AvgIpc) is 3.13. The van der Waals surface area contributed by atoms with Crippen LogP contribution in [0.3, 0.4) is 0 Å². The lowest BCUT2D eigenvalue weighted by molar-refractivity contribution is 0.00378. The van der Waals surface area contributed by atoms with E-state index >= 15 is 0 Å². The molecule has 0 saturated carbocycles. The van der Waals surface area contributed by atoms with Crippen LogP contribution in [0.5, 0.6) is 0 Å². The highest BCUT2D eigenvalue weighted by molar-refractivity contribution is 5.56. The van der Waals surface area contributed by atoms with Crippen molar-refractivity contribution in [3.8, 4) is 0 Å². The lowest BCUT2D eigenvalue weighted by Gasteiger charge is -2.39. The van der Waals surface area contributed by atoms with E-state index in [1.807, 2.05) is 5.01 Å². The van der Waals surface area contributed by atoms with Crippen LogP contribution in [0.25, 0.3) is 0 Å². The van der Waals surface area contributed by atoms with Crippen LogP contribution in [-0.2, 0) is 9.47 Å². The van der Waals surface area contributed by atoms with E-state index in [2.05, 4.69) is 20.1 Å². The molecule has 148 valence electrons. The van der Waals surface area contributed by atoms with Gasteiger partial charge in [0, 0.05) is 32.7 Å². The number of nitrogens with zero attached hydrogens (tertiary/aromatic N) is 6. The summed E-state index contributed by atoms with van der Waals surface area (Å²) in [5, 5.41) is 30.9. The molecule has 3 heterocycles. The Kier molecular flexibility index (Phi) is 5.81. The Labute approximate surface area is 158 Å². The Balaban J connectivity index is 1.53. The van der Waals surface area contributed by atoms with E-state index < -0.39 is 0 Å². The van der Waals surface area contributed by atoms with Gasteiger partial charge in [-0.25, -0.2) is 5.01 Å². The fourth-order valence-electron chi connectivity index (χ4n) is 3.75. The molecular formula is C17H25N6O4-. The van der Waals surface area contributed by atoms with Crippen LogP contribution in [0.1, 0.15) is 0 Å². The first kappa shape index (κ1) is 18.5. The average molecular weight is 377 g/mol. The third-order valence-corrected chi connectivity index (χ3v) is 5.19. The molecule has 2 saturated heterocycles. The predicted molar refractivity (Wildman–Crippen MR) is 98.6 cm³/mol. The van der Waals surface area contributed by atoms with Gasteiger partial charge < -0.3 is 19.9 Å². The maximum Gasteiger partial charge on any atom is 0.132 e. The Bertz CT molecular complexity index is 631. The van der Waals surface area contributed by atoms with Crippen molar-refractivity contribution in [1.29, 1.82) is 0 Å². The van der Waals surface area contributed by atoms with Crippen molar-refractivity contribution in [2.75, 3.05) is 69.4 Å². The molecule has 0 bridgehead atoms. The number of anilines is 2. The van der Waals surface area contributed by atoms with Gasteiger partial charge in [0.15, 0.2) is 0 Å². The standard InChI is InChI=1S/C17H25N6O4/c24-23(25)15-3-1-14(2-4-15)22-17(21-7-11-27-12-8-21)16(18-19-22)13-20-5-9-26-10-6-20/h1-4,16-17,24H,5-13H2/q-1. The highest BCUT2D eigenvalue weighted by atomic mass is 16.8. The van der Waals surface area contributed by atoms with E-state index in [1.165, 1.54) is 0 Å². The summed E-state index contributed by atoms with van der Waals surface area (Å²) in [5.41, 5.74) is 1.02. The van der Waals surface area contributed by atoms with Crippen LogP contribution in [0.15, 0.2) is 34.6 Å². The molecule has 1 aromatic rings. The number of hydrogen-bond donors (Lipinski definition) is 1. The minimum Gasteiger partial charge on any atom is -0.733 e. The van der Waals surface area contributed by atoms with Gasteiger partial charge in [-0.3, -0.25) is 15.0 Å². The van der Waals surface area contributed by atoms with Gasteiger partial charge in [0.05, 0.1) is 37.8 Å². The van der Waals surface area contributed by atoms with Crippen molar-refractivity contribution in [1.82, 2.24) is 9.80 Å². The van der Waals surface area contributed by atoms with Gasteiger partial charge in [-0.2, -0.15) is 5.11 Å². The van der Waals surface area contributed by atoms with Crippen LogP contribution in [0, 0.1) is 5.21 Å². The zero-order valence-electron chi connectivity index (χ0n) is 15.2. The summed E-state index contributed by atoms with van der Waals surface area (Å²) in [5.74, 6) is 0. The second-order valence-electron chi connectivity index (χ2n) is 6.88. The molecule has 2 atom stereocenters. The maximum absolute atomic E-state index is 11.0. The molecule has 0 radical (unpaired) electrons. The van der Waals surface area contributed by atoms with Gasteiger partial charge in [-0.05, 0) is 24.3 Å². The van der Waals surface area contributed by atoms with Gasteiger partial charge in [-0.1, -0.05) is 5.22 Å². The smallest absolute Gasteiger partial charge is 0.132 e. The highest BCUT2D eigenvalue weighted by Crippen LogP contribution is 2.30. The molecule has 3 aliphatic rings. The van der Waals surface area contributed by atoms with Gasteiger partial charge in [0.25, 0.3) is 0 Å². The minimum absolute atomic E-state index is 0.0000704. The van der Waals surface area contributed by atoms with E-state index in [1.54, 1.807) is 24.3 Å². The third kappa shape index (κ3) is 4.21. The van der Waals surface area contributed by atoms with E-state index in [0.717, 1.165) is 51.6 Å². The second kappa shape index (κ2) is 8.46. The monoisotopic (exact) mass is 377 g/mol. The molecule has 0 aromatic heterocycles. The molecule has 3 aliphatic heterocycles. The number of ether oxygens (including phenoxy) is 2. The molecule has 10 heteroatoms. The molecule has 1 N–H and O–H groups in total. The Morgan fingerprint density at radius 1 is 1.04 bits per heavy atom. The van der Waals surface area contributed by atoms with Crippen molar-refractivity contribution >= 4 is 11.4 Å². The highest BCUT2D eigenvalue weighted by Gasteiger charge is 2.39. The van der Waals surface area contributed by atoms with Crippen LogP contribution in [0.2, 0.25) is 0 Å². The molecule has 0 amide bonds. The number of rotatable bonds is 5. The Hall–Kier alpha value is -1.82. The molecule has 4 rings (SSSR count). The minimum atomic E-state index is -0.143. The first-order valence-corrected chi connectivity index (χ1v) is 9.30. The van der Waals surface area contributed by atoms with E-state index in [0.29, 0.717) is 13.2 Å². The first-order valence-electron chi connectivity index (χ1n) is 9.30. The van der Waals surface area contributed by atoms with Crippen molar-refractivity contribution in [2.24, 2.45) is 10.3 Å². The lowest BCUT2D eigenvalue weighted by atomic mass is 10.1. The quantitative estimate of drug-likeness (QED) is 0.757. The SMILES string of the molecule is [O-]N(O)c1ccc(N2N=NC(CN3CCOCC3)C2N2CCOCC2)cc1. The molecule has 1 aromatic carbocycles. The maximum atomic E-state index is 11.0. The van der Waals surface area contributed by atoms with Crippen molar-refractivity contribution < 1.29 is 14.7 Å². The summed E-state index contributed by atoms with van der Waals surface area (Å²) in [6.07, 6.45) is 0.0000704. The van der Waals surface area contributed by atoms with Gasteiger partial charge in [0.1, 0.15) is 12.2 Å². The summed E-state index contributed by atoms with van der Waals surface area (Å²) in [6.45, 7) is 7.21. The van der Waals surface area contributed by atoms with E-state index in [4.69, 9.17) is 14.7 Å². The predicted octanol–water partition coefficient (Wildman–Crippen LogP) is 0.926. The number of morpholine rings is 2. The number of benzene rings is 1. The summed E-state index contributed by atoms with van der Waals surface area (Å²) in [6, 6.07) is 6.72. The first-order chi connectivity index (χ1) is 13.2. The molecular weight excluding hydrogens is 352 g/mol. The van der Waals surface area contributed by atoms with E-state index in [9.17, 15) is 5.21 Å². The normalized spacial score (nSPS) is 27.3. The zero-order valence-corrected chi connectivity index (χ0v) is 15.2. The van der Waals surface area contributed by atoms with Gasteiger partial charge in [0.2, 0.25) is 0 Å². The van der Waals surface area contributed by atoms with Crippen LogP contribution >= 0.6 is 0 Å². The fourth-order valence-corrected chi connectivity index (χ4v) is 3.75. The molecule has 2 unspecified atom stereocenters. The van der Waals surface area contributed by atoms with Gasteiger partial charge >= 0.3 is 0 Å². The topological polar surface area (TPSA) is 99.4 Å². The van der Waals surface area contributed by atoms with Crippen molar-refractivity contribution in [3.63, 3.8) is 0 Å². The zero-order chi connectivity index (χ0) is 18.6. The Morgan fingerprint density at radius 3 is 2.30 bits per heavy atom. The summed E-state index contributed by atoms with van der Waals surface area (Å²) in [4.78, 5) is 4.72. The van der Waals surface area contributed by atoms with E-state index in [-0.39, 0.29) is 23.1 Å². The second-order valence-corrected chi connectivity index (χ2v) is 6.88. The lowest BCUT2D eigenvalue weighted by Crippen LogP contribution is -2.56. The van der Waals surface area contributed by atoms with Crippen molar-refractivity contribution in [3.05, 3.63) is 29.5 Å². The van der Waals surface area contributed by atoms with Crippen molar-refractivity contribution in [2.45, 2.75) is 12.2 Å².